The molecule has 3 heteroatoms. The van der Waals surface area contributed by atoms with Crippen LogP contribution in [0.15, 0.2) is 0 Å². The summed E-state index contributed by atoms with van der Waals surface area (Å²) in [6, 6.07) is 0.915. The van der Waals surface area contributed by atoms with E-state index in [1.54, 1.807) is 0 Å². The molecule has 1 fully saturated rings. The van der Waals surface area contributed by atoms with E-state index in [0.29, 0.717) is 12.1 Å². The van der Waals surface area contributed by atoms with Crippen LogP contribution in [0.2, 0.25) is 0 Å². The highest BCUT2D eigenvalue weighted by molar-refractivity contribution is 5.78. The van der Waals surface area contributed by atoms with E-state index in [0.717, 1.165) is 25.8 Å². The van der Waals surface area contributed by atoms with Crippen LogP contribution >= 0.6 is 0 Å². The largest absolute Gasteiger partial charge is 0.353 e. The van der Waals surface area contributed by atoms with E-state index in [9.17, 15) is 4.79 Å². The van der Waals surface area contributed by atoms with Gasteiger partial charge in [0.1, 0.15) is 0 Å². The van der Waals surface area contributed by atoms with Crippen molar-refractivity contribution in [3.8, 4) is 0 Å². The molecule has 1 rings (SSSR count). The molecule has 1 heterocycles. The van der Waals surface area contributed by atoms with Crippen LogP contribution in [0, 0.1) is 5.92 Å². The number of piperidine rings is 1. The average Bonchev–Trinajstić information content (AvgIpc) is 2.16. The smallest absolute Gasteiger partial charge is 0.223 e. The maximum absolute atomic E-state index is 11.6. The summed E-state index contributed by atoms with van der Waals surface area (Å²) in [5.41, 5.74) is 0. The summed E-state index contributed by atoms with van der Waals surface area (Å²) < 4.78 is 0. The summed E-state index contributed by atoms with van der Waals surface area (Å²) in [5.74, 6) is 0.367. The Balaban J connectivity index is 2.32. The number of hydrogen-bond acceptors (Lipinski definition) is 2. The van der Waals surface area contributed by atoms with Crippen LogP contribution < -0.4 is 10.6 Å². The van der Waals surface area contributed by atoms with E-state index in [1.165, 1.54) is 0 Å². The van der Waals surface area contributed by atoms with Gasteiger partial charge in [-0.2, -0.15) is 0 Å². The highest BCUT2D eigenvalue weighted by atomic mass is 16.1. The predicted octanol–water partition coefficient (Wildman–Crippen LogP) is 1.29. The van der Waals surface area contributed by atoms with Crippen molar-refractivity contribution in [1.82, 2.24) is 10.6 Å². The number of rotatable bonds is 3. The summed E-state index contributed by atoms with van der Waals surface area (Å²) in [7, 11) is 0. The molecule has 3 atom stereocenters. The van der Waals surface area contributed by atoms with Crippen molar-refractivity contribution in [3.63, 3.8) is 0 Å². The topological polar surface area (TPSA) is 41.1 Å². The highest BCUT2D eigenvalue weighted by Crippen LogP contribution is 2.09. The molecular formula is C11H22N2O. The Morgan fingerprint density at radius 2 is 2.36 bits per heavy atom. The molecule has 1 aliphatic rings. The normalized spacial score (nSPS) is 29.6. The maximum atomic E-state index is 11.6. The van der Waals surface area contributed by atoms with Crippen LogP contribution in [-0.4, -0.2) is 24.5 Å². The zero-order chi connectivity index (χ0) is 10.6. The van der Waals surface area contributed by atoms with E-state index in [4.69, 9.17) is 0 Å². The molecule has 0 bridgehead atoms. The van der Waals surface area contributed by atoms with Gasteiger partial charge >= 0.3 is 0 Å². The molecule has 3 nitrogen and oxygen atoms in total. The first-order chi connectivity index (χ1) is 6.63. The lowest BCUT2D eigenvalue weighted by Gasteiger charge is -2.29. The molecule has 1 amide bonds. The summed E-state index contributed by atoms with van der Waals surface area (Å²) in [6.07, 6.45) is 3.04. The first-order valence-electron chi connectivity index (χ1n) is 5.67. The number of carbonyl (C=O) groups is 1. The van der Waals surface area contributed by atoms with Crippen LogP contribution in [0.3, 0.4) is 0 Å². The zero-order valence-electron chi connectivity index (χ0n) is 9.47. The average molecular weight is 198 g/mol. The van der Waals surface area contributed by atoms with Crippen LogP contribution in [0.4, 0.5) is 0 Å². The fourth-order valence-corrected chi connectivity index (χ4v) is 1.79. The Hall–Kier alpha value is -0.570. The molecule has 1 aliphatic heterocycles. The standard InChI is InChI=1S/C11H22N2O/c1-4-8(2)11(14)13-10-5-6-12-9(3)7-10/h8-10,12H,4-7H2,1-3H3,(H,13,14). The lowest BCUT2D eigenvalue weighted by atomic mass is 9.99. The molecule has 1 saturated heterocycles. The van der Waals surface area contributed by atoms with Crippen molar-refractivity contribution in [1.29, 1.82) is 0 Å². The van der Waals surface area contributed by atoms with Crippen molar-refractivity contribution in [2.45, 2.75) is 52.1 Å². The Labute approximate surface area is 86.6 Å². The van der Waals surface area contributed by atoms with Gasteiger partial charge in [0.25, 0.3) is 0 Å². The van der Waals surface area contributed by atoms with Crippen molar-refractivity contribution in [3.05, 3.63) is 0 Å². The van der Waals surface area contributed by atoms with Crippen LogP contribution in [-0.2, 0) is 4.79 Å². The van der Waals surface area contributed by atoms with E-state index in [2.05, 4.69) is 24.5 Å². The molecule has 0 spiro atoms. The monoisotopic (exact) mass is 198 g/mol. The Morgan fingerprint density at radius 3 is 2.93 bits per heavy atom. The molecule has 3 unspecified atom stereocenters. The zero-order valence-corrected chi connectivity index (χ0v) is 9.47. The van der Waals surface area contributed by atoms with E-state index in [-0.39, 0.29) is 11.8 Å². The van der Waals surface area contributed by atoms with Crippen LogP contribution in [0.5, 0.6) is 0 Å². The molecular weight excluding hydrogens is 176 g/mol. The summed E-state index contributed by atoms with van der Waals surface area (Å²) >= 11 is 0. The summed E-state index contributed by atoms with van der Waals surface area (Å²) in [5, 5.41) is 6.50. The molecule has 14 heavy (non-hydrogen) atoms. The van der Waals surface area contributed by atoms with E-state index in [1.807, 2.05) is 6.92 Å². The van der Waals surface area contributed by atoms with Crippen molar-refractivity contribution < 1.29 is 4.79 Å². The van der Waals surface area contributed by atoms with Gasteiger partial charge in [0.15, 0.2) is 0 Å². The van der Waals surface area contributed by atoms with Crippen molar-refractivity contribution >= 4 is 5.91 Å². The van der Waals surface area contributed by atoms with Crippen LogP contribution in [0.1, 0.15) is 40.0 Å². The minimum absolute atomic E-state index is 0.153. The molecule has 0 aliphatic carbocycles. The predicted molar refractivity (Wildman–Crippen MR) is 58.1 cm³/mol. The minimum atomic E-state index is 0.153. The first kappa shape index (κ1) is 11.5. The quantitative estimate of drug-likeness (QED) is 0.717. The lowest BCUT2D eigenvalue weighted by Crippen LogP contribution is -2.47. The van der Waals surface area contributed by atoms with Gasteiger partial charge in [0.05, 0.1) is 0 Å². The first-order valence-corrected chi connectivity index (χ1v) is 5.67. The number of hydrogen-bond donors (Lipinski definition) is 2. The van der Waals surface area contributed by atoms with Gasteiger partial charge in [0.2, 0.25) is 5.91 Å². The second kappa shape index (κ2) is 5.35. The van der Waals surface area contributed by atoms with Gasteiger partial charge in [-0.15, -0.1) is 0 Å². The third-order valence-corrected chi connectivity index (χ3v) is 3.03. The van der Waals surface area contributed by atoms with Gasteiger partial charge in [-0.1, -0.05) is 13.8 Å². The van der Waals surface area contributed by atoms with Gasteiger partial charge < -0.3 is 10.6 Å². The Kier molecular flexibility index (Phi) is 4.39. The molecule has 0 radical (unpaired) electrons. The second-order valence-corrected chi connectivity index (χ2v) is 4.39. The SMILES string of the molecule is CCC(C)C(=O)NC1CCNC(C)C1. The molecule has 2 N–H and O–H groups in total. The minimum Gasteiger partial charge on any atom is -0.353 e. The highest BCUT2D eigenvalue weighted by Gasteiger charge is 2.21. The Morgan fingerprint density at radius 1 is 1.64 bits per heavy atom. The fourth-order valence-electron chi connectivity index (χ4n) is 1.79. The number of nitrogens with one attached hydrogen (secondary N) is 2. The van der Waals surface area contributed by atoms with Crippen LogP contribution in [0.25, 0.3) is 0 Å². The van der Waals surface area contributed by atoms with Gasteiger partial charge in [0, 0.05) is 18.0 Å². The Bertz CT molecular complexity index is 194. The van der Waals surface area contributed by atoms with E-state index < -0.39 is 0 Å². The fraction of sp³-hybridized carbons (Fsp3) is 0.909. The van der Waals surface area contributed by atoms with Crippen molar-refractivity contribution in [2.75, 3.05) is 6.54 Å². The summed E-state index contributed by atoms with van der Waals surface area (Å²) in [6.45, 7) is 7.23. The summed E-state index contributed by atoms with van der Waals surface area (Å²) in [4.78, 5) is 11.6. The molecule has 0 aromatic heterocycles. The molecule has 82 valence electrons. The molecule has 0 saturated carbocycles. The second-order valence-electron chi connectivity index (χ2n) is 4.39. The number of carbonyl (C=O) groups excluding carboxylic acids is 1. The van der Waals surface area contributed by atoms with Gasteiger partial charge in [-0.25, -0.2) is 0 Å². The third-order valence-electron chi connectivity index (χ3n) is 3.03. The molecule has 0 aromatic carbocycles. The van der Waals surface area contributed by atoms with Gasteiger partial charge in [-0.3, -0.25) is 4.79 Å². The molecule has 0 aromatic rings. The van der Waals surface area contributed by atoms with Gasteiger partial charge in [-0.05, 0) is 32.7 Å². The lowest BCUT2D eigenvalue weighted by molar-refractivity contribution is -0.125. The maximum Gasteiger partial charge on any atom is 0.223 e. The third kappa shape index (κ3) is 3.29. The number of amides is 1. The van der Waals surface area contributed by atoms with E-state index >= 15 is 0 Å². The van der Waals surface area contributed by atoms with Crippen molar-refractivity contribution in [2.24, 2.45) is 5.92 Å².